The first-order valence-electron chi connectivity index (χ1n) is 8.46. The van der Waals surface area contributed by atoms with Crippen molar-refractivity contribution in [2.45, 2.75) is 13.5 Å². The number of hydrogen-bond donors (Lipinski definition) is 2. The number of hydrogen-bond acceptors (Lipinski definition) is 6. The van der Waals surface area contributed by atoms with Gasteiger partial charge in [-0.3, -0.25) is 9.59 Å². The average molecular weight is 417 g/mol. The molecule has 1 aromatic heterocycles. The molecule has 3 aromatic rings. The van der Waals surface area contributed by atoms with Crippen LogP contribution in [0.25, 0.3) is 0 Å². The average Bonchev–Trinajstić information content (AvgIpc) is 3.16. The number of para-hydroxylation sites is 1. The Labute approximate surface area is 170 Å². The van der Waals surface area contributed by atoms with E-state index < -0.39 is 0 Å². The van der Waals surface area contributed by atoms with E-state index in [1.165, 1.54) is 0 Å². The first-order valence-corrected chi connectivity index (χ1v) is 9.65. The van der Waals surface area contributed by atoms with Crippen LogP contribution in [0, 0.1) is 0 Å². The molecule has 28 heavy (non-hydrogen) atoms. The molecule has 0 aliphatic heterocycles. The molecule has 0 saturated carbocycles. The van der Waals surface area contributed by atoms with Crippen molar-refractivity contribution in [3.8, 4) is 5.75 Å². The van der Waals surface area contributed by atoms with Gasteiger partial charge in [-0.25, -0.2) is 0 Å². The summed E-state index contributed by atoms with van der Waals surface area (Å²) >= 11 is 7.01. The number of ether oxygens (including phenoxy) is 1. The van der Waals surface area contributed by atoms with Crippen LogP contribution >= 0.6 is 22.9 Å². The summed E-state index contributed by atoms with van der Waals surface area (Å²) < 4.78 is 5.46. The second-order valence-corrected chi connectivity index (χ2v) is 7.08. The molecule has 0 saturated heterocycles. The molecule has 7 nitrogen and oxygen atoms in total. The summed E-state index contributed by atoms with van der Waals surface area (Å²) in [6.45, 7) is 2.47. The minimum Gasteiger partial charge on any atom is -0.493 e. The molecule has 0 aliphatic carbocycles. The van der Waals surface area contributed by atoms with Crippen molar-refractivity contribution in [1.29, 1.82) is 0 Å². The van der Waals surface area contributed by atoms with Crippen molar-refractivity contribution in [3.63, 3.8) is 0 Å². The Morgan fingerprint density at radius 3 is 2.71 bits per heavy atom. The van der Waals surface area contributed by atoms with Crippen molar-refractivity contribution < 1.29 is 14.3 Å². The molecule has 0 aliphatic rings. The minimum atomic E-state index is -0.390. The second kappa shape index (κ2) is 9.29. The van der Waals surface area contributed by atoms with Gasteiger partial charge in [0.1, 0.15) is 10.8 Å². The summed E-state index contributed by atoms with van der Waals surface area (Å²) in [4.78, 5) is 24.7. The van der Waals surface area contributed by atoms with E-state index in [9.17, 15) is 9.59 Å². The van der Waals surface area contributed by atoms with Crippen molar-refractivity contribution in [3.05, 3.63) is 69.1 Å². The molecule has 144 valence electrons. The zero-order valence-corrected chi connectivity index (χ0v) is 16.5. The van der Waals surface area contributed by atoms with Crippen molar-refractivity contribution >= 4 is 40.4 Å². The smallest absolute Gasteiger partial charge is 0.286 e. The third-order valence-corrected chi connectivity index (χ3v) is 4.73. The van der Waals surface area contributed by atoms with Crippen molar-refractivity contribution in [2.75, 3.05) is 11.9 Å². The molecule has 1 heterocycles. The van der Waals surface area contributed by atoms with Gasteiger partial charge < -0.3 is 15.4 Å². The lowest BCUT2D eigenvalue weighted by Gasteiger charge is -2.09. The Bertz CT molecular complexity index is 993. The maximum absolute atomic E-state index is 12.4. The quantitative estimate of drug-likeness (QED) is 0.611. The van der Waals surface area contributed by atoms with E-state index in [2.05, 4.69) is 20.8 Å². The number of benzene rings is 2. The highest BCUT2D eigenvalue weighted by Gasteiger charge is 2.15. The van der Waals surface area contributed by atoms with Gasteiger partial charge in [0.25, 0.3) is 11.8 Å². The lowest BCUT2D eigenvalue weighted by molar-refractivity contribution is 0.0946. The van der Waals surface area contributed by atoms with Gasteiger partial charge in [-0.1, -0.05) is 41.1 Å². The zero-order valence-electron chi connectivity index (χ0n) is 14.9. The lowest BCUT2D eigenvalue weighted by atomic mass is 10.2. The van der Waals surface area contributed by atoms with E-state index in [1.807, 2.05) is 6.92 Å². The topological polar surface area (TPSA) is 93.2 Å². The van der Waals surface area contributed by atoms with E-state index in [-0.39, 0.29) is 23.4 Å². The predicted octanol–water partition coefficient (Wildman–Crippen LogP) is 3.77. The van der Waals surface area contributed by atoms with Crippen LogP contribution in [0.1, 0.15) is 32.1 Å². The summed E-state index contributed by atoms with van der Waals surface area (Å²) in [5.74, 6) is -0.162. The summed E-state index contributed by atoms with van der Waals surface area (Å²) in [7, 11) is 0. The number of carbonyl (C=O) groups excluding carboxylic acids is 2. The Kier molecular flexibility index (Phi) is 6.57. The number of halogens is 1. The zero-order chi connectivity index (χ0) is 19.9. The van der Waals surface area contributed by atoms with Gasteiger partial charge in [-0.2, -0.15) is 0 Å². The molecule has 0 atom stereocenters. The van der Waals surface area contributed by atoms with E-state index in [0.717, 1.165) is 11.3 Å². The Morgan fingerprint density at radius 2 is 1.93 bits per heavy atom. The predicted molar refractivity (Wildman–Crippen MR) is 108 cm³/mol. The maximum Gasteiger partial charge on any atom is 0.286 e. The molecule has 9 heteroatoms. The second-order valence-electron chi connectivity index (χ2n) is 5.58. The van der Waals surface area contributed by atoms with E-state index >= 15 is 0 Å². The largest absolute Gasteiger partial charge is 0.493 e. The van der Waals surface area contributed by atoms with Crippen LogP contribution in [-0.2, 0) is 6.54 Å². The number of amides is 2. The van der Waals surface area contributed by atoms with Gasteiger partial charge >= 0.3 is 0 Å². The fourth-order valence-electron chi connectivity index (χ4n) is 2.35. The van der Waals surface area contributed by atoms with Crippen LogP contribution < -0.4 is 15.4 Å². The van der Waals surface area contributed by atoms with Gasteiger partial charge in [0.15, 0.2) is 0 Å². The van der Waals surface area contributed by atoms with Crippen LogP contribution in [0.3, 0.4) is 0 Å². The Balaban J connectivity index is 1.60. The summed E-state index contributed by atoms with van der Waals surface area (Å²) in [6.07, 6.45) is 0. The van der Waals surface area contributed by atoms with Gasteiger partial charge in [0.2, 0.25) is 5.01 Å². The van der Waals surface area contributed by atoms with Crippen LogP contribution in [0.4, 0.5) is 5.69 Å². The molecule has 0 bridgehead atoms. The van der Waals surface area contributed by atoms with E-state index in [1.54, 1.807) is 48.5 Å². The number of carbonyl (C=O) groups is 2. The maximum atomic E-state index is 12.4. The lowest BCUT2D eigenvalue weighted by Crippen LogP contribution is -2.23. The highest BCUT2D eigenvalue weighted by Crippen LogP contribution is 2.19. The van der Waals surface area contributed by atoms with Gasteiger partial charge in [-0.15, -0.1) is 10.2 Å². The molecule has 2 aromatic carbocycles. The first-order chi connectivity index (χ1) is 13.6. The number of rotatable bonds is 7. The number of nitrogens with one attached hydrogen (secondary N) is 2. The monoisotopic (exact) mass is 416 g/mol. The van der Waals surface area contributed by atoms with Crippen molar-refractivity contribution in [2.24, 2.45) is 0 Å². The molecule has 0 fully saturated rings. The first kappa shape index (κ1) is 19.8. The number of anilines is 1. The fraction of sp³-hybridized carbons (Fsp3) is 0.158. The highest BCUT2D eigenvalue weighted by molar-refractivity contribution is 7.13. The molecular formula is C19H17ClN4O3S. The van der Waals surface area contributed by atoms with Crippen LogP contribution in [0.15, 0.2) is 48.5 Å². The summed E-state index contributed by atoms with van der Waals surface area (Å²) in [5, 5.41) is 14.5. The van der Waals surface area contributed by atoms with Gasteiger partial charge in [-0.05, 0) is 37.3 Å². The third-order valence-electron chi connectivity index (χ3n) is 3.58. The summed E-state index contributed by atoms with van der Waals surface area (Å²) in [5.41, 5.74) is 1.00. The highest BCUT2D eigenvalue weighted by atomic mass is 35.5. The molecule has 0 spiro atoms. The molecule has 3 rings (SSSR count). The van der Waals surface area contributed by atoms with E-state index in [4.69, 9.17) is 16.3 Å². The summed E-state index contributed by atoms with van der Waals surface area (Å²) in [6, 6.07) is 13.8. The Morgan fingerprint density at radius 1 is 1.11 bits per heavy atom. The normalized spacial score (nSPS) is 10.4. The molecule has 2 amide bonds. The van der Waals surface area contributed by atoms with Crippen LogP contribution in [0.5, 0.6) is 5.75 Å². The molecule has 0 unspecified atom stereocenters. The third kappa shape index (κ3) is 5.05. The van der Waals surface area contributed by atoms with Gasteiger partial charge in [0.05, 0.1) is 18.7 Å². The standard InChI is InChI=1S/C19H17ClN4O3S/c1-2-27-15-9-4-3-8-14(15)17(25)21-11-16-23-24-19(28-16)18(26)22-13-7-5-6-12(20)10-13/h3-10H,2,11H2,1H3,(H,21,25)(H,22,26). The Hall–Kier alpha value is -2.97. The number of nitrogens with zero attached hydrogens (tertiary/aromatic N) is 2. The fourth-order valence-corrected chi connectivity index (χ4v) is 3.22. The minimum absolute atomic E-state index is 0.154. The number of aromatic nitrogens is 2. The molecular weight excluding hydrogens is 400 g/mol. The van der Waals surface area contributed by atoms with E-state index in [0.29, 0.717) is 33.6 Å². The molecule has 0 radical (unpaired) electrons. The van der Waals surface area contributed by atoms with Crippen molar-refractivity contribution in [1.82, 2.24) is 15.5 Å². The molecule has 2 N–H and O–H groups in total. The van der Waals surface area contributed by atoms with Crippen LogP contribution in [0.2, 0.25) is 5.02 Å². The SMILES string of the molecule is CCOc1ccccc1C(=O)NCc1nnc(C(=O)Nc2cccc(Cl)c2)s1. The van der Waals surface area contributed by atoms with Crippen LogP contribution in [-0.4, -0.2) is 28.6 Å². The van der Waals surface area contributed by atoms with Gasteiger partial charge in [0, 0.05) is 10.7 Å².